The molecule has 0 saturated heterocycles. The number of aliphatic hydroxyl groups excluding tert-OH is 1. The first-order chi connectivity index (χ1) is 8.39. The van der Waals surface area contributed by atoms with Crippen LogP contribution in [0, 0.1) is 18.3 Å². The Kier molecular flexibility index (Phi) is 4.03. The van der Waals surface area contributed by atoms with Crippen molar-refractivity contribution in [1.82, 2.24) is 0 Å². The van der Waals surface area contributed by atoms with Gasteiger partial charge in [-0.15, -0.1) is 0 Å². The van der Waals surface area contributed by atoms with Crippen molar-refractivity contribution in [3.63, 3.8) is 0 Å². The molecule has 0 radical (unpaired) electrons. The molecular weight excluding hydrogens is 244 g/mol. The third kappa shape index (κ3) is 3.07. The molecular formula is C16H23ClO. The average Bonchev–Trinajstić information content (AvgIpc) is 2.32. The quantitative estimate of drug-likeness (QED) is 0.807. The van der Waals surface area contributed by atoms with Crippen molar-refractivity contribution in [2.24, 2.45) is 11.3 Å². The predicted molar refractivity (Wildman–Crippen MR) is 76.9 cm³/mol. The number of benzene rings is 1. The maximum Gasteiger partial charge on any atom is 0.0818 e. The lowest BCUT2D eigenvalue weighted by atomic mass is 9.71. The highest BCUT2D eigenvalue weighted by atomic mass is 35.5. The number of hydrogen-bond donors (Lipinski definition) is 1. The summed E-state index contributed by atoms with van der Waals surface area (Å²) in [5.41, 5.74) is 2.48. The van der Waals surface area contributed by atoms with Crippen molar-refractivity contribution in [3.8, 4) is 0 Å². The molecule has 1 unspecified atom stereocenters. The van der Waals surface area contributed by atoms with E-state index in [4.69, 9.17) is 11.6 Å². The normalized spacial score (nSPS) is 21.8. The van der Waals surface area contributed by atoms with E-state index in [1.807, 2.05) is 25.1 Å². The van der Waals surface area contributed by atoms with Gasteiger partial charge in [0.15, 0.2) is 0 Å². The summed E-state index contributed by atoms with van der Waals surface area (Å²) in [4.78, 5) is 0. The fourth-order valence-corrected chi connectivity index (χ4v) is 2.99. The fraction of sp³-hybridized carbons (Fsp3) is 0.625. The van der Waals surface area contributed by atoms with Crippen molar-refractivity contribution in [2.45, 2.75) is 52.6 Å². The fourth-order valence-electron chi connectivity index (χ4n) is 2.80. The van der Waals surface area contributed by atoms with Gasteiger partial charge in [0, 0.05) is 5.02 Å². The van der Waals surface area contributed by atoms with Gasteiger partial charge in [0.25, 0.3) is 0 Å². The number of aliphatic hydroxyl groups is 1. The van der Waals surface area contributed by atoms with E-state index in [9.17, 15) is 5.11 Å². The van der Waals surface area contributed by atoms with Gasteiger partial charge in [-0.25, -0.2) is 0 Å². The second kappa shape index (κ2) is 5.22. The molecule has 0 spiro atoms. The van der Waals surface area contributed by atoms with Gasteiger partial charge in [-0.05, 0) is 61.1 Å². The lowest BCUT2D eigenvalue weighted by molar-refractivity contribution is 0.0567. The van der Waals surface area contributed by atoms with Crippen LogP contribution < -0.4 is 0 Å². The molecule has 100 valence electrons. The molecule has 2 rings (SSSR count). The number of hydrogen-bond acceptors (Lipinski definition) is 1. The molecule has 18 heavy (non-hydrogen) atoms. The zero-order chi connectivity index (χ0) is 13.3. The molecule has 1 fully saturated rings. The zero-order valence-electron chi connectivity index (χ0n) is 11.5. The predicted octanol–water partition coefficient (Wildman–Crippen LogP) is 4.90. The van der Waals surface area contributed by atoms with E-state index in [-0.39, 0.29) is 6.10 Å². The largest absolute Gasteiger partial charge is 0.388 e. The maximum absolute atomic E-state index is 10.5. The SMILES string of the molecule is Cc1ccc(C(O)C2CCC(C)(C)CC2)cc1Cl. The van der Waals surface area contributed by atoms with Crippen LogP contribution in [0.5, 0.6) is 0 Å². The second-order valence-corrected chi connectivity index (χ2v) is 6.86. The molecule has 1 nitrogen and oxygen atoms in total. The Bertz CT molecular complexity index is 415. The van der Waals surface area contributed by atoms with Gasteiger partial charge in [0.2, 0.25) is 0 Å². The summed E-state index contributed by atoms with van der Waals surface area (Å²) in [7, 11) is 0. The highest BCUT2D eigenvalue weighted by Gasteiger charge is 2.31. The van der Waals surface area contributed by atoms with E-state index >= 15 is 0 Å². The summed E-state index contributed by atoms with van der Waals surface area (Å²) in [6.07, 6.45) is 4.27. The summed E-state index contributed by atoms with van der Waals surface area (Å²) in [6, 6.07) is 5.92. The lowest BCUT2D eigenvalue weighted by Crippen LogP contribution is -2.25. The van der Waals surface area contributed by atoms with Crippen LogP contribution in [-0.2, 0) is 0 Å². The number of aryl methyl sites for hydroxylation is 1. The minimum Gasteiger partial charge on any atom is -0.388 e. The van der Waals surface area contributed by atoms with Crippen molar-refractivity contribution >= 4 is 11.6 Å². The molecule has 1 aromatic carbocycles. The van der Waals surface area contributed by atoms with Crippen LogP contribution in [0.3, 0.4) is 0 Å². The van der Waals surface area contributed by atoms with Gasteiger partial charge in [-0.3, -0.25) is 0 Å². The van der Waals surface area contributed by atoms with Crippen molar-refractivity contribution in [2.75, 3.05) is 0 Å². The van der Waals surface area contributed by atoms with Crippen LogP contribution in [0.25, 0.3) is 0 Å². The van der Waals surface area contributed by atoms with Gasteiger partial charge in [-0.2, -0.15) is 0 Å². The first kappa shape index (κ1) is 13.9. The van der Waals surface area contributed by atoms with E-state index in [1.54, 1.807) is 0 Å². The van der Waals surface area contributed by atoms with Gasteiger partial charge < -0.3 is 5.11 Å². The Morgan fingerprint density at radius 1 is 1.28 bits per heavy atom. The highest BCUT2D eigenvalue weighted by Crippen LogP contribution is 2.42. The van der Waals surface area contributed by atoms with Crippen molar-refractivity contribution in [3.05, 3.63) is 34.3 Å². The molecule has 0 amide bonds. The summed E-state index contributed by atoms with van der Waals surface area (Å²) in [5.74, 6) is 0.386. The Balaban J connectivity index is 2.07. The average molecular weight is 267 g/mol. The molecule has 1 N–H and O–H groups in total. The molecule has 1 aliphatic rings. The minimum atomic E-state index is -0.362. The van der Waals surface area contributed by atoms with Crippen LogP contribution in [0.4, 0.5) is 0 Å². The molecule has 0 aliphatic heterocycles. The summed E-state index contributed by atoms with van der Waals surface area (Å²) in [6.45, 7) is 6.62. The number of halogens is 1. The van der Waals surface area contributed by atoms with Crippen LogP contribution in [-0.4, -0.2) is 5.11 Å². The van der Waals surface area contributed by atoms with E-state index in [0.717, 1.165) is 29.0 Å². The molecule has 0 aromatic heterocycles. The molecule has 0 bridgehead atoms. The first-order valence-corrected chi connectivity index (χ1v) is 7.21. The van der Waals surface area contributed by atoms with E-state index < -0.39 is 0 Å². The standard InChI is InChI=1S/C16H23ClO/c1-11-4-5-13(10-14(11)17)15(18)12-6-8-16(2,3)9-7-12/h4-5,10,12,15,18H,6-9H2,1-3H3. The molecule has 2 heteroatoms. The maximum atomic E-state index is 10.5. The third-order valence-corrected chi connectivity index (χ3v) is 4.77. The second-order valence-electron chi connectivity index (χ2n) is 6.46. The van der Waals surface area contributed by atoms with Gasteiger partial charge in [0.1, 0.15) is 0 Å². The van der Waals surface area contributed by atoms with Gasteiger partial charge in [0.05, 0.1) is 6.10 Å². The Hall–Kier alpha value is -0.530. The molecule has 0 heterocycles. The van der Waals surface area contributed by atoms with Crippen molar-refractivity contribution in [1.29, 1.82) is 0 Å². The first-order valence-electron chi connectivity index (χ1n) is 6.83. The topological polar surface area (TPSA) is 20.2 Å². The van der Waals surface area contributed by atoms with Crippen LogP contribution in [0.2, 0.25) is 5.02 Å². The molecule has 1 atom stereocenters. The Morgan fingerprint density at radius 3 is 2.44 bits per heavy atom. The Labute approximate surface area is 115 Å². The Morgan fingerprint density at radius 2 is 1.89 bits per heavy atom. The molecule has 1 aromatic rings. The van der Waals surface area contributed by atoms with Gasteiger partial charge >= 0.3 is 0 Å². The molecule has 1 aliphatic carbocycles. The van der Waals surface area contributed by atoms with E-state index in [1.165, 1.54) is 12.8 Å². The third-order valence-electron chi connectivity index (χ3n) is 4.37. The summed E-state index contributed by atoms with van der Waals surface area (Å²) < 4.78 is 0. The summed E-state index contributed by atoms with van der Waals surface area (Å²) >= 11 is 6.13. The zero-order valence-corrected chi connectivity index (χ0v) is 12.3. The van der Waals surface area contributed by atoms with E-state index in [2.05, 4.69) is 13.8 Å². The van der Waals surface area contributed by atoms with Crippen LogP contribution in [0.1, 0.15) is 56.8 Å². The summed E-state index contributed by atoms with van der Waals surface area (Å²) in [5, 5.41) is 11.2. The van der Waals surface area contributed by atoms with E-state index in [0.29, 0.717) is 11.3 Å². The highest BCUT2D eigenvalue weighted by molar-refractivity contribution is 6.31. The lowest BCUT2D eigenvalue weighted by Gasteiger charge is -2.36. The minimum absolute atomic E-state index is 0.362. The monoisotopic (exact) mass is 266 g/mol. The van der Waals surface area contributed by atoms with Gasteiger partial charge in [-0.1, -0.05) is 37.6 Å². The molecule has 1 saturated carbocycles. The van der Waals surface area contributed by atoms with Crippen LogP contribution >= 0.6 is 11.6 Å². The van der Waals surface area contributed by atoms with Crippen LogP contribution in [0.15, 0.2) is 18.2 Å². The van der Waals surface area contributed by atoms with Crippen molar-refractivity contribution < 1.29 is 5.11 Å². The number of rotatable bonds is 2. The smallest absolute Gasteiger partial charge is 0.0818 e.